The summed E-state index contributed by atoms with van der Waals surface area (Å²) in [6.07, 6.45) is 1.79. The highest BCUT2D eigenvalue weighted by molar-refractivity contribution is 5.94. The van der Waals surface area contributed by atoms with E-state index in [1.807, 2.05) is 12.1 Å². The van der Waals surface area contributed by atoms with Crippen LogP contribution in [0.1, 0.15) is 23.6 Å². The van der Waals surface area contributed by atoms with Crippen molar-refractivity contribution in [2.75, 3.05) is 26.6 Å². The summed E-state index contributed by atoms with van der Waals surface area (Å²) >= 11 is 0. The van der Waals surface area contributed by atoms with Gasteiger partial charge in [-0.05, 0) is 35.9 Å². The number of halogens is 1. The SMILES string of the molecule is COc1cc(C2CC(=O)Nc3c2ncn3-c2cccc(F)c2)cc(OC)c1OC. The number of hydrogen-bond acceptors (Lipinski definition) is 5. The summed E-state index contributed by atoms with van der Waals surface area (Å²) in [5, 5.41) is 2.86. The Bertz CT molecular complexity index is 1050. The average molecular weight is 397 g/mol. The molecule has 1 N–H and O–H groups in total. The molecule has 1 unspecified atom stereocenters. The van der Waals surface area contributed by atoms with Gasteiger partial charge in [-0.25, -0.2) is 9.37 Å². The van der Waals surface area contributed by atoms with Gasteiger partial charge in [-0.3, -0.25) is 9.36 Å². The smallest absolute Gasteiger partial charge is 0.226 e. The van der Waals surface area contributed by atoms with Gasteiger partial charge in [0.1, 0.15) is 18.0 Å². The van der Waals surface area contributed by atoms with Crippen LogP contribution in [-0.4, -0.2) is 36.8 Å². The minimum Gasteiger partial charge on any atom is -0.493 e. The maximum atomic E-state index is 13.7. The molecule has 1 aliphatic rings. The van der Waals surface area contributed by atoms with Crippen LogP contribution in [0.25, 0.3) is 5.69 Å². The number of hydrogen-bond donors (Lipinski definition) is 1. The normalized spacial score (nSPS) is 15.4. The fourth-order valence-corrected chi connectivity index (χ4v) is 3.61. The molecule has 29 heavy (non-hydrogen) atoms. The molecule has 3 aromatic rings. The van der Waals surface area contributed by atoms with E-state index < -0.39 is 0 Å². The average Bonchev–Trinajstić information content (AvgIpc) is 3.15. The number of amides is 1. The first-order valence-corrected chi connectivity index (χ1v) is 8.98. The van der Waals surface area contributed by atoms with Crippen molar-refractivity contribution in [1.29, 1.82) is 0 Å². The zero-order valence-corrected chi connectivity index (χ0v) is 16.2. The second kappa shape index (κ2) is 7.46. The molecule has 150 valence electrons. The van der Waals surface area contributed by atoms with E-state index in [9.17, 15) is 9.18 Å². The lowest BCUT2D eigenvalue weighted by atomic mass is 9.89. The van der Waals surface area contributed by atoms with Crippen molar-refractivity contribution in [3.63, 3.8) is 0 Å². The lowest BCUT2D eigenvalue weighted by Gasteiger charge is -2.24. The quantitative estimate of drug-likeness (QED) is 0.713. The van der Waals surface area contributed by atoms with Crippen molar-refractivity contribution in [3.05, 3.63) is 59.8 Å². The highest BCUT2D eigenvalue weighted by Crippen LogP contribution is 2.44. The molecule has 0 saturated heterocycles. The number of rotatable bonds is 5. The summed E-state index contributed by atoms with van der Waals surface area (Å²) in [7, 11) is 4.62. The van der Waals surface area contributed by atoms with E-state index in [1.165, 1.54) is 19.2 Å². The van der Waals surface area contributed by atoms with Crippen molar-refractivity contribution in [2.45, 2.75) is 12.3 Å². The molecule has 2 aromatic carbocycles. The Kier molecular flexibility index (Phi) is 4.84. The van der Waals surface area contributed by atoms with Crippen LogP contribution in [-0.2, 0) is 4.79 Å². The van der Waals surface area contributed by atoms with Crippen LogP contribution < -0.4 is 19.5 Å². The largest absolute Gasteiger partial charge is 0.493 e. The number of ether oxygens (including phenoxy) is 3. The van der Waals surface area contributed by atoms with Crippen LogP contribution in [0.3, 0.4) is 0 Å². The molecule has 0 spiro atoms. The zero-order chi connectivity index (χ0) is 20.5. The number of methoxy groups -OCH3 is 3. The Hall–Kier alpha value is -3.55. The maximum absolute atomic E-state index is 13.7. The van der Waals surface area contributed by atoms with Crippen molar-refractivity contribution < 1.29 is 23.4 Å². The van der Waals surface area contributed by atoms with Gasteiger partial charge in [0, 0.05) is 12.3 Å². The van der Waals surface area contributed by atoms with Gasteiger partial charge >= 0.3 is 0 Å². The van der Waals surface area contributed by atoms with Gasteiger partial charge in [-0.15, -0.1) is 0 Å². The lowest BCUT2D eigenvalue weighted by Crippen LogP contribution is -2.25. The molecule has 8 heteroatoms. The zero-order valence-electron chi connectivity index (χ0n) is 16.2. The molecule has 1 aromatic heterocycles. The molecule has 7 nitrogen and oxygen atoms in total. The molecule has 0 aliphatic carbocycles. The molecule has 1 atom stereocenters. The van der Waals surface area contributed by atoms with Crippen molar-refractivity contribution in [1.82, 2.24) is 9.55 Å². The molecule has 0 bridgehead atoms. The summed E-state index contributed by atoms with van der Waals surface area (Å²) in [4.78, 5) is 17.0. The number of nitrogens with one attached hydrogen (secondary N) is 1. The van der Waals surface area contributed by atoms with Crippen molar-refractivity contribution >= 4 is 11.7 Å². The Morgan fingerprint density at radius 1 is 1.10 bits per heavy atom. The second-order valence-corrected chi connectivity index (χ2v) is 6.59. The standard InChI is InChI=1S/C21H20FN3O4/c1-27-16-7-12(8-17(28-2)20(16)29-3)15-10-18(26)24-21-19(15)23-11-25(21)14-6-4-5-13(22)9-14/h4-9,11,15H,10H2,1-3H3,(H,24,26). The van der Waals surface area contributed by atoms with E-state index in [4.69, 9.17) is 14.2 Å². The Morgan fingerprint density at radius 3 is 2.45 bits per heavy atom. The van der Waals surface area contributed by atoms with Crippen LogP contribution in [0.5, 0.6) is 17.2 Å². The molecule has 1 amide bonds. The number of anilines is 1. The minimum atomic E-state index is -0.367. The summed E-state index contributed by atoms with van der Waals surface area (Å²) < 4.78 is 31.6. The van der Waals surface area contributed by atoms with Crippen molar-refractivity contribution in [3.8, 4) is 22.9 Å². The third kappa shape index (κ3) is 3.26. The van der Waals surface area contributed by atoms with Crippen LogP contribution >= 0.6 is 0 Å². The molecule has 0 fully saturated rings. The molecule has 0 radical (unpaired) electrons. The fraction of sp³-hybridized carbons (Fsp3) is 0.238. The van der Waals surface area contributed by atoms with Crippen molar-refractivity contribution in [2.24, 2.45) is 0 Å². The molecular weight excluding hydrogens is 377 g/mol. The van der Waals surface area contributed by atoms with Gasteiger partial charge in [-0.1, -0.05) is 6.07 Å². The van der Waals surface area contributed by atoms with Crippen LogP contribution in [0.2, 0.25) is 0 Å². The number of aromatic nitrogens is 2. The lowest BCUT2D eigenvalue weighted by molar-refractivity contribution is -0.116. The van der Waals surface area contributed by atoms with E-state index >= 15 is 0 Å². The molecule has 1 aliphatic heterocycles. The third-order valence-electron chi connectivity index (χ3n) is 4.95. The molecule has 2 heterocycles. The van der Waals surface area contributed by atoms with E-state index in [0.717, 1.165) is 5.56 Å². The monoisotopic (exact) mass is 397 g/mol. The molecule has 0 saturated carbocycles. The molecule has 4 rings (SSSR count). The maximum Gasteiger partial charge on any atom is 0.226 e. The minimum absolute atomic E-state index is 0.158. The fourth-order valence-electron chi connectivity index (χ4n) is 3.61. The van der Waals surface area contributed by atoms with Gasteiger partial charge < -0.3 is 19.5 Å². The van der Waals surface area contributed by atoms with E-state index in [2.05, 4.69) is 10.3 Å². The third-order valence-corrected chi connectivity index (χ3v) is 4.95. The van der Waals surface area contributed by atoms with Crippen LogP contribution in [0.15, 0.2) is 42.7 Å². The predicted molar refractivity (Wildman–Crippen MR) is 105 cm³/mol. The number of carbonyl (C=O) groups excluding carboxylic acids is 1. The number of carbonyl (C=O) groups is 1. The topological polar surface area (TPSA) is 74.6 Å². The second-order valence-electron chi connectivity index (χ2n) is 6.59. The Morgan fingerprint density at radius 2 is 1.83 bits per heavy atom. The summed E-state index contributed by atoms with van der Waals surface area (Å²) in [5.74, 6) is 1.15. The van der Waals surface area contributed by atoms with Gasteiger partial charge in [-0.2, -0.15) is 0 Å². The first-order chi connectivity index (χ1) is 14.0. The number of benzene rings is 2. The number of fused-ring (bicyclic) bond motifs is 1. The van der Waals surface area contributed by atoms with Crippen LogP contribution in [0, 0.1) is 5.82 Å². The van der Waals surface area contributed by atoms with E-state index in [0.29, 0.717) is 34.4 Å². The highest BCUT2D eigenvalue weighted by atomic mass is 19.1. The summed E-state index contributed by atoms with van der Waals surface area (Å²) in [6, 6.07) is 9.74. The number of imidazole rings is 1. The van der Waals surface area contributed by atoms with Gasteiger partial charge in [0.05, 0.1) is 32.7 Å². The Balaban J connectivity index is 1.84. The highest BCUT2D eigenvalue weighted by Gasteiger charge is 2.32. The predicted octanol–water partition coefficient (Wildman–Crippen LogP) is 3.51. The van der Waals surface area contributed by atoms with Gasteiger partial charge in [0.15, 0.2) is 11.5 Å². The van der Waals surface area contributed by atoms with Gasteiger partial charge in [0.25, 0.3) is 0 Å². The number of nitrogens with zero attached hydrogens (tertiary/aromatic N) is 2. The Labute approximate surface area is 167 Å². The van der Waals surface area contributed by atoms with E-state index in [1.54, 1.807) is 37.2 Å². The van der Waals surface area contributed by atoms with Crippen LogP contribution in [0.4, 0.5) is 10.2 Å². The molecular formula is C21H20FN3O4. The summed E-state index contributed by atoms with van der Waals surface area (Å²) in [6.45, 7) is 0. The first-order valence-electron chi connectivity index (χ1n) is 8.98. The summed E-state index contributed by atoms with van der Waals surface area (Å²) in [5.41, 5.74) is 2.06. The van der Waals surface area contributed by atoms with E-state index in [-0.39, 0.29) is 24.1 Å². The van der Waals surface area contributed by atoms with Gasteiger partial charge in [0.2, 0.25) is 11.7 Å². The first kappa shape index (κ1) is 18.8.